The van der Waals surface area contributed by atoms with Gasteiger partial charge in [0.1, 0.15) is 11.3 Å². The molecular weight excluding hydrogens is 368 g/mol. The van der Waals surface area contributed by atoms with Gasteiger partial charge in [-0.2, -0.15) is 8.42 Å². The number of rotatable bonds is 4. The first-order chi connectivity index (χ1) is 11.4. The number of aryl methyl sites for hydroxylation is 1. The maximum absolute atomic E-state index is 12.5. The van der Waals surface area contributed by atoms with E-state index in [0.29, 0.717) is 22.2 Å². The van der Waals surface area contributed by atoms with E-state index in [-0.39, 0.29) is 4.90 Å². The predicted molar refractivity (Wildman–Crippen MR) is 96.2 cm³/mol. The van der Waals surface area contributed by atoms with Crippen LogP contribution >= 0.6 is 22.9 Å². The lowest BCUT2D eigenvalue weighted by Crippen LogP contribution is -2.14. The summed E-state index contributed by atoms with van der Waals surface area (Å²) in [5, 5.41) is 0.475. The number of fused-ring (bicyclic) bond motifs is 1. The molecule has 5 nitrogen and oxygen atoms in total. The molecule has 0 aliphatic rings. The van der Waals surface area contributed by atoms with Gasteiger partial charge in [-0.1, -0.05) is 29.0 Å². The van der Waals surface area contributed by atoms with Crippen molar-refractivity contribution in [2.75, 3.05) is 6.61 Å². The third-order valence-corrected chi connectivity index (χ3v) is 6.14. The van der Waals surface area contributed by atoms with Crippen molar-refractivity contribution in [1.29, 1.82) is 0 Å². The standard InChI is InChI=1S/C16H15ClN2O3S2/c1-3-22-13-5-4-6-14-15(13)19(2)16(23-14)18-24(20,21)12-9-7-11(17)8-10-12/h4-10H,3H2,1-2H3. The topological polar surface area (TPSA) is 60.7 Å². The molecule has 126 valence electrons. The molecule has 0 bridgehead atoms. The largest absolute Gasteiger partial charge is 0.492 e. The number of thiazole rings is 1. The number of aromatic nitrogens is 1. The molecule has 8 heteroatoms. The van der Waals surface area contributed by atoms with E-state index < -0.39 is 10.0 Å². The number of sulfonamides is 1. The van der Waals surface area contributed by atoms with Crippen LogP contribution < -0.4 is 9.54 Å². The number of benzene rings is 2. The van der Waals surface area contributed by atoms with Crippen molar-refractivity contribution < 1.29 is 13.2 Å². The van der Waals surface area contributed by atoms with Crippen molar-refractivity contribution in [3.63, 3.8) is 0 Å². The van der Waals surface area contributed by atoms with Crippen LogP contribution in [0.4, 0.5) is 0 Å². The Morgan fingerprint density at radius 2 is 1.92 bits per heavy atom. The number of hydrogen-bond donors (Lipinski definition) is 0. The van der Waals surface area contributed by atoms with Crippen molar-refractivity contribution in [3.8, 4) is 5.75 Å². The van der Waals surface area contributed by atoms with Gasteiger partial charge in [0.05, 0.1) is 16.2 Å². The Morgan fingerprint density at radius 1 is 1.21 bits per heavy atom. The third-order valence-electron chi connectivity index (χ3n) is 3.40. The Balaban J connectivity index is 2.18. The van der Waals surface area contributed by atoms with Crippen LogP contribution in [0.5, 0.6) is 5.75 Å². The predicted octanol–water partition coefficient (Wildman–Crippen LogP) is 3.58. The van der Waals surface area contributed by atoms with Crippen molar-refractivity contribution in [2.45, 2.75) is 11.8 Å². The smallest absolute Gasteiger partial charge is 0.285 e. The maximum atomic E-state index is 12.5. The zero-order valence-electron chi connectivity index (χ0n) is 13.1. The minimum atomic E-state index is -3.81. The molecule has 3 aromatic rings. The first-order valence-electron chi connectivity index (χ1n) is 7.20. The van der Waals surface area contributed by atoms with Gasteiger partial charge < -0.3 is 9.30 Å². The van der Waals surface area contributed by atoms with E-state index in [9.17, 15) is 8.42 Å². The van der Waals surface area contributed by atoms with Gasteiger partial charge in [-0.15, -0.1) is 4.40 Å². The van der Waals surface area contributed by atoms with Crippen LogP contribution in [0.1, 0.15) is 6.92 Å². The first-order valence-corrected chi connectivity index (χ1v) is 9.84. The minimum Gasteiger partial charge on any atom is -0.492 e. The summed E-state index contributed by atoms with van der Waals surface area (Å²) in [6.45, 7) is 2.44. The van der Waals surface area contributed by atoms with Crippen LogP contribution in [-0.4, -0.2) is 19.6 Å². The number of hydrogen-bond acceptors (Lipinski definition) is 4. The summed E-state index contributed by atoms with van der Waals surface area (Å²) in [6, 6.07) is 11.6. The molecule has 0 amide bonds. The van der Waals surface area contributed by atoms with Gasteiger partial charge in [-0.05, 0) is 43.3 Å². The van der Waals surface area contributed by atoms with Gasteiger partial charge in [-0.25, -0.2) is 0 Å². The second kappa shape index (κ2) is 6.58. The van der Waals surface area contributed by atoms with Crippen LogP contribution in [0.15, 0.2) is 51.8 Å². The van der Waals surface area contributed by atoms with Crippen LogP contribution in [0, 0.1) is 0 Å². The van der Waals surface area contributed by atoms with Crippen molar-refractivity contribution in [1.82, 2.24) is 4.57 Å². The second-order valence-corrected chi connectivity index (χ2v) is 8.05. The Bertz CT molecular complexity index is 1050. The number of halogens is 1. The van der Waals surface area contributed by atoms with E-state index in [1.165, 1.54) is 35.6 Å². The van der Waals surface area contributed by atoms with E-state index in [0.717, 1.165) is 10.2 Å². The van der Waals surface area contributed by atoms with Crippen LogP contribution in [0.3, 0.4) is 0 Å². The minimum absolute atomic E-state index is 0.106. The third kappa shape index (κ3) is 3.19. The molecule has 24 heavy (non-hydrogen) atoms. The fourth-order valence-electron chi connectivity index (χ4n) is 2.29. The molecule has 0 fully saturated rings. The molecule has 0 unspecified atom stereocenters. The van der Waals surface area contributed by atoms with Gasteiger partial charge in [0.2, 0.25) is 4.80 Å². The summed E-state index contributed by atoms with van der Waals surface area (Å²) < 4.78 is 37.3. The highest BCUT2D eigenvalue weighted by atomic mass is 35.5. The van der Waals surface area contributed by atoms with E-state index >= 15 is 0 Å². The SMILES string of the molecule is CCOc1cccc2sc(=NS(=O)(=O)c3ccc(Cl)cc3)n(C)c12. The van der Waals surface area contributed by atoms with E-state index in [2.05, 4.69) is 4.40 Å². The second-order valence-electron chi connectivity index (χ2n) is 5.00. The molecule has 0 N–H and O–H groups in total. The highest BCUT2D eigenvalue weighted by Crippen LogP contribution is 2.27. The van der Waals surface area contributed by atoms with Crippen LogP contribution in [0.25, 0.3) is 10.2 Å². The Hall–Kier alpha value is -1.83. The molecule has 3 rings (SSSR count). The maximum Gasteiger partial charge on any atom is 0.285 e. The summed E-state index contributed by atoms with van der Waals surface area (Å²) in [5.41, 5.74) is 0.828. The average molecular weight is 383 g/mol. The molecule has 0 aliphatic carbocycles. The van der Waals surface area contributed by atoms with Crippen molar-refractivity contribution in [3.05, 3.63) is 52.3 Å². The highest BCUT2D eigenvalue weighted by Gasteiger charge is 2.15. The van der Waals surface area contributed by atoms with E-state index in [1.54, 1.807) is 11.6 Å². The molecule has 0 radical (unpaired) electrons. The Morgan fingerprint density at radius 3 is 2.58 bits per heavy atom. The molecule has 1 aromatic heterocycles. The lowest BCUT2D eigenvalue weighted by Gasteiger charge is -2.05. The normalized spacial score (nSPS) is 12.7. The quantitative estimate of drug-likeness (QED) is 0.692. The molecular formula is C16H15ClN2O3S2. The van der Waals surface area contributed by atoms with E-state index in [1.807, 2.05) is 25.1 Å². The van der Waals surface area contributed by atoms with Gasteiger partial charge in [0.15, 0.2) is 0 Å². The van der Waals surface area contributed by atoms with Crippen LogP contribution in [-0.2, 0) is 17.1 Å². The number of ether oxygens (including phenoxy) is 1. The van der Waals surface area contributed by atoms with Crippen LogP contribution in [0.2, 0.25) is 5.02 Å². The fourth-order valence-corrected chi connectivity index (χ4v) is 4.68. The van der Waals surface area contributed by atoms with Crippen molar-refractivity contribution >= 4 is 43.2 Å². The molecule has 0 saturated carbocycles. The molecule has 1 heterocycles. The van der Waals surface area contributed by atoms with E-state index in [4.69, 9.17) is 16.3 Å². The summed E-state index contributed by atoms with van der Waals surface area (Å²) in [6.07, 6.45) is 0. The molecule has 0 aliphatic heterocycles. The first kappa shape index (κ1) is 17.0. The molecule has 0 atom stereocenters. The highest BCUT2D eigenvalue weighted by molar-refractivity contribution is 7.90. The number of para-hydroxylation sites is 1. The zero-order chi connectivity index (χ0) is 17.3. The van der Waals surface area contributed by atoms with Gasteiger partial charge in [0.25, 0.3) is 10.0 Å². The summed E-state index contributed by atoms with van der Waals surface area (Å²) in [4.78, 5) is 0.487. The average Bonchev–Trinajstić information content (AvgIpc) is 2.85. The van der Waals surface area contributed by atoms with Gasteiger partial charge >= 0.3 is 0 Å². The Kier molecular flexibility index (Phi) is 4.67. The molecule has 0 saturated heterocycles. The Labute approximate surface area is 148 Å². The van der Waals surface area contributed by atoms with Gasteiger partial charge in [-0.3, -0.25) is 0 Å². The number of nitrogens with zero attached hydrogens (tertiary/aromatic N) is 2. The fraction of sp³-hybridized carbons (Fsp3) is 0.188. The summed E-state index contributed by atoms with van der Waals surface area (Å²) >= 11 is 7.11. The zero-order valence-corrected chi connectivity index (χ0v) is 15.5. The van der Waals surface area contributed by atoms with Gasteiger partial charge in [0, 0.05) is 12.1 Å². The van der Waals surface area contributed by atoms with Crippen molar-refractivity contribution in [2.24, 2.45) is 11.4 Å². The lowest BCUT2D eigenvalue weighted by atomic mass is 10.3. The summed E-state index contributed by atoms with van der Waals surface area (Å²) in [7, 11) is -2.03. The molecule has 2 aromatic carbocycles. The lowest BCUT2D eigenvalue weighted by molar-refractivity contribution is 0.343. The molecule has 0 spiro atoms. The summed E-state index contributed by atoms with van der Waals surface area (Å²) in [5.74, 6) is 0.707. The monoisotopic (exact) mass is 382 g/mol.